The Morgan fingerprint density at radius 2 is 2.00 bits per heavy atom. The monoisotopic (exact) mass is 349 g/mol. The fourth-order valence-corrected chi connectivity index (χ4v) is 3.95. The first-order valence-electron chi connectivity index (χ1n) is 6.20. The normalized spacial score (nSPS) is 15.0. The third kappa shape index (κ3) is 3.48. The summed E-state index contributed by atoms with van der Waals surface area (Å²) in [5.41, 5.74) is 0.846. The van der Waals surface area contributed by atoms with Crippen molar-refractivity contribution in [1.82, 2.24) is 9.73 Å². The van der Waals surface area contributed by atoms with Crippen LogP contribution in [0.2, 0.25) is 10.0 Å². The summed E-state index contributed by atoms with van der Waals surface area (Å²) in [6, 6.07) is 3.46. The van der Waals surface area contributed by atoms with E-state index in [1.54, 1.807) is 0 Å². The van der Waals surface area contributed by atoms with Crippen LogP contribution in [-0.4, -0.2) is 31.7 Å². The van der Waals surface area contributed by atoms with Crippen LogP contribution in [0.4, 0.5) is 4.79 Å². The first kappa shape index (κ1) is 16.1. The predicted octanol–water partition coefficient (Wildman–Crippen LogP) is 2.86. The number of hydrogen-bond donors (Lipinski definition) is 1. The highest BCUT2D eigenvalue weighted by atomic mass is 35.5. The molecular formula is C12H13Cl2N3O3S. The number of rotatable bonds is 3. The number of hydrazone groups is 1. The maximum absolute atomic E-state index is 12.2. The van der Waals surface area contributed by atoms with Crippen molar-refractivity contribution in [1.29, 1.82) is 0 Å². The molecule has 0 fully saturated rings. The van der Waals surface area contributed by atoms with Gasteiger partial charge in [0.25, 0.3) is 10.0 Å². The highest BCUT2D eigenvalue weighted by Crippen LogP contribution is 2.28. The van der Waals surface area contributed by atoms with E-state index in [2.05, 4.69) is 5.10 Å². The zero-order valence-corrected chi connectivity index (χ0v) is 13.5. The van der Waals surface area contributed by atoms with Crippen molar-refractivity contribution in [2.24, 2.45) is 5.10 Å². The third-order valence-electron chi connectivity index (χ3n) is 2.93. The first-order chi connectivity index (χ1) is 9.85. The molecule has 0 aliphatic carbocycles. The van der Waals surface area contributed by atoms with Crippen molar-refractivity contribution < 1.29 is 13.2 Å². The smallest absolute Gasteiger partial charge is 0.246 e. The van der Waals surface area contributed by atoms with Crippen molar-refractivity contribution in [3.63, 3.8) is 0 Å². The van der Waals surface area contributed by atoms with Gasteiger partial charge in [0.15, 0.2) is 0 Å². The van der Waals surface area contributed by atoms with Gasteiger partial charge in [-0.3, -0.25) is 0 Å². The number of sulfonamides is 1. The SMILES string of the molecule is CCC1=NN(C(=O)NS(=O)(=O)c2c(Cl)cccc2Cl)CC1. The van der Waals surface area contributed by atoms with Crippen LogP contribution < -0.4 is 4.72 Å². The van der Waals surface area contributed by atoms with Crippen LogP contribution in [0.5, 0.6) is 0 Å². The van der Waals surface area contributed by atoms with Gasteiger partial charge in [-0.15, -0.1) is 0 Å². The molecule has 1 aliphatic rings. The van der Waals surface area contributed by atoms with Gasteiger partial charge >= 0.3 is 6.03 Å². The highest BCUT2D eigenvalue weighted by molar-refractivity contribution is 7.90. The van der Waals surface area contributed by atoms with Crippen LogP contribution in [0.3, 0.4) is 0 Å². The molecule has 9 heteroatoms. The van der Waals surface area contributed by atoms with E-state index in [4.69, 9.17) is 23.2 Å². The molecule has 1 aromatic carbocycles. The zero-order chi connectivity index (χ0) is 15.6. The summed E-state index contributed by atoms with van der Waals surface area (Å²) in [4.78, 5) is 11.6. The summed E-state index contributed by atoms with van der Waals surface area (Å²) in [7, 11) is -4.16. The van der Waals surface area contributed by atoms with Crippen molar-refractivity contribution >= 4 is 45.0 Å². The predicted molar refractivity (Wildman–Crippen MR) is 81.2 cm³/mol. The largest absolute Gasteiger partial charge is 0.351 e. The second kappa shape index (κ2) is 6.21. The number of benzene rings is 1. The zero-order valence-electron chi connectivity index (χ0n) is 11.1. The maximum atomic E-state index is 12.2. The Labute approximate surface area is 132 Å². The van der Waals surface area contributed by atoms with Crippen LogP contribution in [-0.2, 0) is 10.0 Å². The Morgan fingerprint density at radius 3 is 2.52 bits per heavy atom. The molecule has 0 atom stereocenters. The van der Waals surface area contributed by atoms with Crippen LogP contribution in [0, 0.1) is 0 Å². The number of hydrogen-bond acceptors (Lipinski definition) is 4. The molecule has 0 saturated carbocycles. The number of nitrogens with one attached hydrogen (secondary N) is 1. The summed E-state index contributed by atoms with van der Waals surface area (Å²) in [6.45, 7) is 2.27. The lowest BCUT2D eigenvalue weighted by atomic mass is 10.2. The van der Waals surface area contributed by atoms with Crippen molar-refractivity contribution in [3.05, 3.63) is 28.2 Å². The van der Waals surface area contributed by atoms with Crippen LogP contribution in [0.15, 0.2) is 28.2 Å². The number of halogens is 2. The van der Waals surface area contributed by atoms with E-state index < -0.39 is 16.1 Å². The Bertz CT molecular complexity index is 683. The summed E-state index contributed by atoms with van der Waals surface area (Å²) in [6.07, 6.45) is 1.35. The molecule has 0 spiro atoms. The van der Waals surface area contributed by atoms with E-state index in [9.17, 15) is 13.2 Å². The molecule has 1 aliphatic heterocycles. The molecule has 6 nitrogen and oxygen atoms in total. The fraction of sp³-hybridized carbons (Fsp3) is 0.333. The summed E-state index contributed by atoms with van der Waals surface area (Å²) < 4.78 is 26.4. The van der Waals surface area contributed by atoms with Crippen LogP contribution >= 0.6 is 23.2 Å². The first-order valence-corrected chi connectivity index (χ1v) is 8.43. The fourth-order valence-electron chi connectivity index (χ4n) is 1.86. The van der Waals surface area contributed by atoms with Crippen molar-refractivity contribution in [2.45, 2.75) is 24.7 Å². The van der Waals surface area contributed by atoms with E-state index in [0.29, 0.717) is 19.4 Å². The molecule has 1 aromatic rings. The molecule has 0 saturated heterocycles. The lowest BCUT2D eigenvalue weighted by molar-refractivity contribution is 0.211. The summed E-state index contributed by atoms with van der Waals surface area (Å²) >= 11 is 11.7. The number of carbonyl (C=O) groups excluding carboxylic acids is 1. The molecule has 0 bridgehead atoms. The van der Waals surface area contributed by atoms with E-state index in [-0.39, 0.29) is 14.9 Å². The molecule has 0 aromatic heterocycles. The minimum absolute atomic E-state index is 0.0537. The minimum Gasteiger partial charge on any atom is -0.246 e. The maximum Gasteiger partial charge on any atom is 0.351 e. The quantitative estimate of drug-likeness (QED) is 0.910. The van der Waals surface area contributed by atoms with Gasteiger partial charge in [-0.05, 0) is 18.6 Å². The second-order valence-electron chi connectivity index (χ2n) is 4.35. The highest BCUT2D eigenvalue weighted by Gasteiger charge is 2.28. The molecule has 2 amide bonds. The molecule has 0 unspecified atom stereocenters. The van der Waals surface area contributed by atoms with Crippen molar-refractivity contribution in [2.75, 3.05) is 6.54 Å². The molecule has 1 heterocycles. The number of urea groups is 1. The van der Waals surface area contributed by atoms with Gasteiger partial charge in [0, 0.05) is 12.1 Å². The molecule has 0 radical (unpaired) electrons. The minimum atomic E-state index is -4.16. The van der Waals surface area contributed by atoms with E-state index in [1.165, 1.54) is 18.2 Å². The van der Waals surface area contributed by atoms with E-state index >= 15 is 0 Å². The lowest BCUT2D eigenvalue weighted by Gasteiger charge is -2.14. The number of nitrogens with zero attached hydrogens (tertiary/aromatic N) is 2. The Morgan fingerprint density at radius 1 is 1.38 bits per heavy atom. The second-order valence-corrected chi connectivity index (χ2v) is 6.79. The standard InChI is InChI=1S/C12H13Cl2N3O3S/c1-2-8-6-7-17(15-8)12(18)16-21(19,20)11-9(13)4-3-5-10(11)14/h3-5H,2,6-7H2,1H3,(H,16,18). The number of amides is 2. The average molecular weight is 350 g/mol. The molecular weight excluding hydrogens is 337 g/mol. The van der Waals surface area contributed by atoms with Gasteiger partial charge in [-0.25, -0.2) is 22.9 Å². The lowest BCUT2D eigenvalue weighted by Crippen LogP contribution is -2.39. The Hall–Kier alpha value is -1.31. The third-order valence-corrected chi connectivity index (χ3v) is 5.20. The van der Waals surface area contributed by atoms with Crippen LogP contribution in [0.1, 0.15) is 19.8 Å². The van der Waals surface area contributed by atoms with Gasteiger partial charge in [0.2, 0.25) is 0 Å². The van der Waals surface area contributed by atoms with Crippen molar-refractivity contribution in [3.8, 4) is 0 Å². The van der Waals surface area contributed by atoms with Crippen LogP contribution in [0.25, 0.3) is 0 Å². The Balaban J connectivity index is 2.23. The number of carbonyl (C=O) groups is 1. The average Bonchev–Trinajstić information content (AvgIpc) is 2.86. The molecule has 21 heavy (non-hydrogen) atoms. The molecule has 114 valence electrons. The summed E-state index contributed by atoms with van der Waals surface area (Å²) in [5.74, 6) is 0. The topological polar surface area (TPSA) is 78.8 Å². The van der Waals surface area contributed by atoms with Gasteiger partial charge in [-0.1, -0.05) is 36.2 Å². The molecule has 2 rings (SSSR count). The van der Waals surface area contributed by atoms with E-state index in [1.807, 2.05) is 11.6 Å². The van der Waals surface area contributed by atoms with Gasteiger partial charge < -0.3 is 0 Å². The van der Waals surface area contributed by atoms with E-state index in [0.717, 1.165) is 10.7 Å². The van der Waals surface area contributed by atoms with Gasteiger partial charge in [-0.2, -0.15) is 5.10 Å². The van der Waals surface area contributed by atoms with Gasteiger partial charge in [0.05, 0.1) is 16.6 Å². The Kier molecular flexibility index (Phi) is 4.75. The summed E-state index contributed by atoms with van der Waals surface area (Å²) in [5, 5.41) is 5.01. The molecule has 1 N–H and O–H groups in total. The van der Waals surface area contributed by atoms with Gasteiger partial charge in [0.1, 0.15) is 4.90 Å².